The second-order valence-electron chi connectivity index (χ2n) is 7.35. The summed E-state index contributed by atoms with van der Waals surface area (Å²) in [4.78, 5) is 17.8. The van der Waals surface area contributed by atoms with E-state index in [1.807, 2.05) is 20.1 Å². The number of hydrogen-bond donors (Lipinski definition) is 0. The highest BCUT2D eigenvalue weighted by atomic mass is 32.2. The minimum Gasteiger partial charge on any atom is -0.868 e. The predicted molar refractivity (Wildman–Crippen MR) is 124 cm³/mol. The molecule has 9 heteroatoms. The van der Waals surface area contributed by atoms with Gasteiger partial charge in [0.05, 0.1) is 21.3 Å². The number of pyridine rings is 2. The number of rotatable bonds is 9. The number of nitrogens with zero attached hydrogens (tertiary/aromatic N) is 2. The second-order valence-corrected chi connectivity index (χ2v) is 9.44. The van der Waals surface area contributed by atoms with E-state index in [1.165, 1.54) is 21.3 Å². The maximum atomic E-state index is 13.2. The van der Waals surface area contributed by atoms with E-state index in [1.54, 1.807) is 35.0 Å². The maximum absolute atomic E-state index is 13.2. The van der Waals surface area contributed by atoms with Crippen molar-refractivity contribution in [1.29, 1.82) is 0 Å². The fourth-order valence-electron chi connectivity index (χ4n) is 3.50. The van der Waals surface area contributed by atoms with E-state index in [9.17, 15) is 9.90 Å². The third-order valence-electron chi connectivity index (χ3n) is 5.04. The van der Waals surface area contributed by atoms with Crippen LogP contribution in [0, 0.1) is 0 Å². The topological polar surface area (TPSA) is 94.9 Å². The Hall–Kier alpha value is -3.07. The number of ether oxygens (including phenoxy) is 4. The number of hydrogen-bond acceptors (Lipinski definition) is 7. The monoisotopic (exact) mass is 460 g/mol. The van der Waals surface area contributed by atoms with Crippen LogP contribution in [0.5, 0.6) is 28.7 Å². The molecule has 0 spiro atoms. The van der Waals surface area contributed by atoms with Crippen LogP contribution in [0.25, 0.3) is 11.0 Å². The number of fused-ring (bicyclic) bond motifs is 1. The van der Waals surface area contributed by atoms with E-state index in [2.05, 4.69) is 4.98 Å². The second kappa shape index (κ2) is 10.0. The van der Waals surface area contributed by atoms with Gasteiger partial charge in [-0.2, -0.15) is 0 Å². The van der Waals surface area contributed by atoms with Crippen LogP contribution in [-0.2, 0) is 10.9 Å². The highest BCUT2D eigenvalue weighted by Crippen LogP contribution is 2.40. The molecule has 32 heavy (non-hydrogen) atoms. The van der Waals surface area contributed by atoms with Crippen LogP contribution in [0.4, 0.5) is 0 Å². The van der Waals surface area contributed by atoms with E-state index in [0.29, 0.717) is 46.4 Å². The van der Waals surface area contributed by atoms with Crippen molar-refractivity contribution in [3.8, 4) is 28.7 Å². The normalized spacial score (nSPS) is 12.1. The highest BCUT2D eigenvalue weighted by Gasteiger charge is 2.26. The summed E-state index contributed by atoms with van der Waals surface area (Å²) in [6.45, 7) is 4.13. The zero-order chi connectivity index (χ0) is 23.4. The van der Waals surface area contributed by atoms with Gasteiger partial charge >= 0.3 is 5.56 Å². The molecule has 0 amide bonds. The van der Waals surface area contributed by atoms with Crippen LogP contribution in [0.15, 0.2) is 40.2 Å². The van der Waals surface area contributed by atoms with Crippen LogP contribution in [0.2, 0.25) is 0 Å². The molecule has 0 radical (unpaired) electrons. The van der Waals surface area contributed by atoms with Gasteiger partial charge in [0.1, 0.15) is 30.0 Å². The Kier molecular flexibility index (Phi) is 7.40. The van der Waals surface area contributed by atoms with Crippen molar-refractivity contribution >= 4 is 21.9 Å². The van der Waals surface area contributed by atoms with Crippen molar-refractivity contribution in [2.45, 2.75) is 24.8 Å². The van der Waals surface area contributed by atoms with Crippen LogP contribution < -0.4 is 29.6 Å². The van der Waals surface area contributed by atoms with Gasteiger partial charge in [-0.15, -0.1) is 0 Å². The Labute approximate surface area is 190 Å². The molecule has 0 aliphatic heterocycles. The van der Waals surface area contributed by atoms with Crippen molar-refractivity contribution in [3.63, 3.8) is 0 Å². The third kappa shape index (κ3) is 4.43. The lowest BCUT2D eigenvalue weighted by Gasteiger charge is -2.20. The smallest absolute Gasteiger partial charge is 0.307 e. The van der Waals surface area contributed by atoms with Crippen LogP contribution in [0.1, 0.15) is 19.9 Å². The van der Waals surface area contributed by atoms with Gasteiger partial charge in [-0.05, 0) is 25.7 Å². The molecule has 0 saturated carbocycles. The van der Waals surface area contributed by atoms with Gasteiger partial charge in [-0.1, -0.05) is 6.07 Å². The van der Waals surface area contributed by atoms with Crippen molar-refractivity contribution < 1.29 is 24.1 Å². The van der Waals surface area contributed by atoms with Gasteiger partial charge in [0.15, 0.2) is 11.5 Å². The predicted octanol–water partition coefficient (Wildman–Crippen LogP) is 2.76. The van der Waals surface area contributed by atoms with Gasteiger partial charge in [0.25, 0.3) is 0 Å². The van der Waals surface area contributed by atoms with Gasteiger partial charge < -0.3 is 24.1 Å². The summed E-state index contributed by atoms with van der Waals surface area (Å²) >= 11 is 0. The standard InChI is InChI=1S/C23H28N2O6S/c1-14(2)25-22-16(8-7-9-24-22)19(26)21(23(25)27)32(6)11-10-31-15-12-17(28-3)20(30-5)18(13-15)29-4/h7-9,12-14H,10-11H2,1-6H3. The Morgan fingerprint density at radius 2 is 1.78 bits per heavy atom. The van der Waals surface area contributed by atoms with E-state index in [0.717, 1.165) is 0 Å². The first kappa shape index (κ1) is 23.6. The SMILES string of the molecule is COc1cc(OCC[S+](C)c2c([O-])c3cccnc3n(C(C)C)c2=O)cc(OC)c1OC. The summed E-state index contributed by atoms with van der Waals surface area (Å²) < 4.78 is 23.5. The van der Waals surface area contributed by atoms with Crippen molar-refractivity contribution in [1.82, 2.24) is 9.55 Å². The molecule has 2 aromatic heterocycles. The maximum Gasteiger partial charge on any atom is 0.307 e. The van der Waals surface area contributed by atoms with Crippen molar-refractivity contribution in [2.24, 2.45) is 0 Å². The van der Waals surface area contributed by atoms with Crippen molar-refractivity contribution in [3.05, 3.63) is 40.8 Å². The number of benzene rings is 1. The third-order valence-corrected chi connectivity index (χ3v) is 6.88. The number of aromatic nitrogens is 2. The zero-order valence-corrected chi connectivity index (χ0v) is 19.9. The molecule has 0 aliphatic rings. The zero-order valence-electron chi connectivity index (χ0n) is 19.1. The molecule has 8 nitrogen and oxygen atoms in total. The molecular weight excluding hydrogens is 432 g/mol. The fourth-order valence-corrected chi connectivity index (χ4v) is 4.86. The van der Waals surface area contributed by atoms with E-state index in [4.69, 9.17) is 18.9 Å². The molecular formula is C23H28N2O6S. The van der Waals surface area contributed by atoms with Crippen LogP contribution in [-0.4, -0.2) is 49.5 Å². The highest BCUT2D eigenvalue weighted by molar-refractivity contribution is 7.96. The lowest BCUT2D eigenvalue weighted by molar-refractivity contribution is -0.270. The van der Waals surface area contributed by atoms with Crippen LogP contribution >= 0.6 is 0 Å². The van der Waals surface area contributed by atoms with Crippen LogP contribution in [0.3, 0.4) is 0 Å². The van der Waals surface area contributed by atoms with Gasteiger partial charge in [0.2, 0.25) is 10.6 Å². The first-order valence-electron chi connectivity index (χ1n) is 10.1. The summed E-state index contributed by atoms with van der Waals surface area (Å²) in [7, 11) is 3.99. The lowest BCUT2D eigenvalue weighted by atomic mass is 10.2. The average molecular weight is 461 g/mol. The molecule has 1 aromatic carbocycles. The minimum absolute atomic E-state index is 0.119. The summed E-state index contributed by atoms with van der Waals surface area (Å²) in [6.07, 6.45) is 3.49. The number of methoxy groups -OCH3 is 3. The molecule has 1 atom stereocenters. The molecule has 0 N–H and O–H groups in total. The Morgan fingerprint density at radius 3 is 2.34 bits per heavy atom. The van der Waals surface area contributed by atoms with Gasteiger partial charge in [-0.3, -0.25) is 9.36 Å². The minimum atomic E-state index is -0.619. The summed E-state index contributed by atoms with van der Waals surface area (Å²) in [5.41, 5.74) is 0.141. The van der Waals surface area contributed by atoms with Gasteiger partial charge in [-0.25, -0.2) is 4.98 Å². The summed E-state index contributed by atoms with van der Waals surface area (Å²) in [5.74, 6) is 2.25. The first-order valence-corrected chi connectivity index (χ1v) is 11.9. The molecule has 0 bridgehead atoms. The molecule has 3 aromatic rings. The molecule has 0 saturated heterocycles. The molecule has 3 rings (SSSR count). The Balaban J connectivity index is 1.86. The Morgan fingerprint density at radius 1 is 1.12 bits per heavy atom. The molecule has 0 fully saturated rings. The van der Waals surface area contributed by atoms with E-state index >= 15 is 0 Å². The Bertz CT molecular complexity index is 1140. The average Bonchev–Trinajstić information content (AvgIpc) is 2.78. The fraction of sp³-hybridized carbons (Fsp3) is 0.391. The molecule has 1 unspecified atom stereocenters. The van der Waals surface area contributed by atoms with Gasteiger partial charge in [0, 0.05) is 40.7 Å². The largest absolute Gasteiger partial charge is 0.868 e. The molecule has 172 valence electrons. The molecule has 2 heterocycles. The van der Waals surface area contributed by atoms with Crippen molar-refractivity contribution in [2.75, 3.05) is 39.9 Å². The quantitative estimate of drug-likeness (QED) is 0.453. The first-order chi connectivity index (χ1) is 15.3. The lowest BCUT2D eigenvalue weighted by Crippen LogP contribution is -2.31. The summed E-state index contributed by atoms with van der Waals surface area (Å²) in [6, 6.07) is 6.73. The van der Waals surface area contributed by atoms with E-state index in [-0.39, 0.29) is 22.2 Å². The molecule has 0 aliphatic carbocycles. The van der Waals surface area contributed by atoms with E-state index < -0.39 is 10.9 Å². The summed E-state index contributed by atoms with van der Waals surface area (Å²) in [5, 5.41) is 13.6.